The molecule has 3 heteroatoms. The summed E-state index contributed by atoms with van der Waals surface area (Å²) in [6.07, 6.45) is -0.772. The minimum atomic E-state index is -0.772. The second kappa shape index (κ2) is 5.88. The van der Waals surface area contributed by atoms with E-state index in [1.54, 1.807) is 6.92 Å². The lowest BCUT2D eigenvalue weighted by Crippen LogP contribution is -2.04. The zero-order valence-electron chi connectivity index (χ0n) is 11.2. The third-order valence-electron chi connectivity index (χ3n) is 2.19. The van der Waals surface area contributed by atoms with Gasteiger partial charge >= 0.3 is 0 Å². The first-order valence-corrected chi connectivity index (χ1v) is 5.90. The van der Waals surface area contributed by atoms with Crippen LogP contribution >= 0.6 is 0 Å². The number of aliphatic hydroxyl groups excluding tert-OH is 1. The highest BCUT2D eigenvalue weighted by atomic mass is 19.1. The molecule has 0 aliphatic rings. The molecule has 0 radical (unpaired) electrons. The van der Waals surface area contributed by atoms with E-state index in [0.717, 1.165) is 0 Å². The highest BCUT2D eigenvalue weighted by molar-refractivity contribution is 5.35. The monoisotopic (exact) mass is 250 g/mol. The molecule has 0 aliphatic heterocycles. The maximum absolute atomic E-state index is 13.1. The normalized spacial score (nSPS) is 12.6. The molecule has 2 nitrogen and oxygen atoms in total. The number of ether oxygens (including phenoxy) is 1. The first-order valence-electron chi connectivity index (χ1n) is 5.90. The lowest BCUT2D eigenvalue weighted by Gasteiger charge is -2.12. The van der Waals surface area contributed by atoms with Crippen LogP contribution in [-0.4, -0.2) is 11.7 Å². The molecule has 1 aromatic rings. The molecule has 18 heavy (non-hydrogen) atoms. The Morgan fingerprint density at radius 3 is 2.61 bits per heavy atom. The van der Waals surface area contributed by atoms with E-state index in [2.05, 4.69) is 11.8 Å². The summed E-state index contributed by atoms with van der Waals surface area (Å²) in [6.45, 7) is 7.84. The van der Waals surface area contributed by atoms with E-state index in [9.17, 15) is 9.50 Å². The summed E-state index contributed by atoms with van der Waals surface area (Å²) < 4.78 is 18.5. The molecule has 98 valence electrons. The van der Waals surface area contributed by atoms with Gasteiger partial charge < -0.3 is 9.84 Å². The molecule has 0 bridgehead atoms. The number of aliphatic hydroxyl groups is 1. The van der Waals surface area contributed by atoms with Crippen LogP contribution in [0.3, 0.4) is 0 Å². The van der Waals surface area contributed by atoms with Gasteiger partial charge in [-0.05, 0) is 45.9 Å². The van der Waals surface area contributed by atoms with Crippen LogP contribution in [0.4, 0.5) is 4.39 Å². The van der Waals surface area contributed by atoms with E-state index >= 15 is 0 Å². The standard InChI is InChI=1S/C15H19FO2/c1-11(17)13-10-12(16)6-7-14(13)18-9-5-8-15(2,3)4/h6-7,10-11,17H,9H2,1-4H3. The lowest BCUT2D eigenvalue weighted by molar-refractivity contribution is 0.192. The molecule has 0 saturated heterocycles. The van der Waals surface area contributed by atoms with Crippen LogP contribution in [0.15, 0.2) is 18.2 Å². The van der Waals surface area contributed by atoms with Crippen LogP contribution in [0.25, 0.3) is 0 Å². The van der Waals surface area contributed by atoms with Crippen LogP contribution in [-0.2, 0) is 0 Å². The van der Waals surface area contributed by atoms with Crippen LogP contribution in [0.5, 0.6) is 5.75 Å². The Morgan fingerprint density at radius 2 is 2.06 bits per heavy atom. The van der Waals surface area contributed by atoms with Gasteiger partial charge in [-0.2, -0.15) is 0 Å². The Balaban J connectivity index is 2.75. The van der Waals surface area contributed by atoms with Gasteiger partial charge in [-0.15, -0.1) is 0 Å². The van der Waals surface area contributed by atoms with Crippen molar-refractivity contribution in [2.75, 3.05) is 6.61 Å². The third kappa shape index (κ3) is 4.77. The second-order valence-corrected chi connectivity index (χ2v) is 5.20. The van der Waals surface area contributed by atoms with Crippen LogP contribution in [0.1, 0.15) is 39.4 Å². The van der Waals surface area contributed by atoms with Gasteiger partial charge in [-0.25, -0.2) is 4.39 Å². The SMILES string of the molecule is CC(O)c1cc(F)ccc1OCC#CC(C)(C)C. The van der Waals surface area contributed by atoms with Crippen molar-refractivity contribution in [3.05, 3.63) is 29.6 Å². The quantitative estimate of drug-likeness (QED) is 0.834. The van der Waals surface area contributed by atoms with Gasteiger partial charge in [0.1, 0.15) is 18.2 Å². The predicted octanol–water partition coefficient (Wildman–Crippen LogP) is 3.31. The fraction of sp³-hybridized carbons (Fsp3) is 0.467. The molecule has 1 atom stereocenters. The maximum Gasteiger partial charge on any atom is 0.149 e. The van der Waals surface area contributed by atoms with Crippen LogP contribution in [0, 0.1) is 23.1 Å². The van der Waals surface area contributed by atoms with E-state index in [1.807, 2.05) is 20.8 Å². The van der Waals surface area contributed by atoms with E-state index in [0.29, 0.717) is 11.3 Å². The van der Waals surface area contributed by atoms with Crippen molar-refractivity contribution >= 4 is 0 Å². The summed E-state index contributed by atoms with van der Waals surface area (Å²) in [5.41, 5.74) is 0.367. The zero-order valence-corrected chi connectivity index (χ0v) is 11.2. The molecule has 0 spiro atoms. The summed E-state index contributed by atoms with van der Waals surface area (Å²) in [7, 11) is 0. The second-order valence-electron chi connectivity index (χ2n) is 5.20. The van der Waals surface area contributed by atoms with E-state index in [-0.39, 0.29) is 17.8 Å². The summed E-state index contributed by atoms with van der Waals surface area (Å²) in [5.74, 6) is 6.03. The molecule has 0 aliphatic carbocycles. The smallest absolute Gasteiger partial charge is 0.149 e. The fourth-order valence-corrected chi connectivity index (χ4v) is 1.39. The van der Waals surface area contributed by atoms with Crippen molar-refractivity contribution in [3.63, 3.8) is 0 Å². The predicted molar refractivity (Wildman–Crippen MR) is 69.8 cm³/mol. The van der Waals surface area contributed by atoms with Crippen molar-refractivity contribution in [2.24, 2.45) is 5.41 Å². The van der Waals surface area contributed by atoms with Gasteiger partial charge in [0, 0.05) is 11.0 Å². The van der Waals surface area contributed by atoms with E-state index in [1.165, 1.54) is 18.2 Å². The van der Waals surface area contributed by atoms with Gasteiger partial charge in [0.05, 0.1) is 6.10 Å². The first kappa shape index (κ1) is 14.5. The van der Waals surface area contributed by atoms with E-state index < -0.39 is 6.10 Å². The minimum absolute atomic E-state index is 0.0702. The molecule has 1 rings (SSSR count). The molecular formula is C15H19FO2. The summed E-state index contributed by atoms with van der Waals surface area (Å²) in [6, 6.07) is 4.09. The summed E-state index contributed by atoms with van der Waals surface area (Å²) in [5, 5.41) is 9.53. The van der Waals surface area contributed by atoms with Gasteiger partial charge in [0.2, 0.25) is 0 Å². The van der Waals surface area contributed by atoms with Gasteiger partial charge in [-0.1, -0.05) is 11.8 Å². The Kier molecular flexibility index (Phi) is 4.75. The Morgan fingerprint density at radius 1 is 1.39 bits per heavy atom. The summed E-state index contributed by atoms with van der Waals surface area (Å²) >= 11 is 0. The Hall–Kier alpha value is -1.53. The highest BCUT2D eigenvalue weighted by Gasteiger charge is 2.10. The number of rotatable bonds is 3. The molecule has 0 saturated carbocycles. The van der Waals surface area contributed by atoms with Crippen LogP contribution in [0.2, 0.25) is 0 Å². The van der Waals surface area contributed by atoms with Crippen molar-refractivity contribution in [1.29, 1.82) is 0 Å². The molecule has 0 heterocycles. The minimum Gasteiger partial charge on any atom is -0.481 e. The van der Waals surface area contributed by atoms with Gasteiger partial charge in [-0.3, -0.25) is 0 Å². The largest absolute Gasteiger partial charge is 0.481 e. The number of halogens is 1. The third-order valence-corrected chi connectivity index (χ3v) is 2.19. The highest BCUT2D eigenvalue weighted by Crippen LogP contribution is 2.25. The molecule has 0 fully saturated rings. The number of hydrogen-bond donors (Lipinski definition) is 1. The molecule has 1 aromatic carbocycles. The molecule has 1 N–H and O–H groups in total. The van der Waals surface area contributed by atoms with Crippen molar-refractivity contribution in [2.45, 2.75) is 33.8 Å². The zero-order chi connectivity index (χ0) is 13.8. The van der Waals surface area contributed by atoms with Crippen molar-refractivity contribution in [3.8, 4) is 17.6 Å². The average molecular weight is 250 g/mol. The molecule has 1 unspecified atom stereocenters. The molecule has 0 aromatic heterocycles. The topological polar surface area (TPSA) is 29.5 Å². The average Bonchev–Trinajstić information content (AvgIpc) is 2.24. The summed E-state index contributed by atoms with van der Waals surface area (Å²) in [4.78, 5) is 0. The van der Waals surface area contributed by atoms with Crippen molar-refractivity contribution in [1.82, 2.24) is 0 Å². The van der Waals surface area contributed by atoms with Crippen molar-refractivity contribution < 1.29 is 14.2 Å². The van der Waals surface area contributed by atoms with Gasteiger partial charge in [0.15, 0.2) is 0 Å². The fourth-order valence-electron chi connectivity index (χ4n) is 1.39. The first-order chi connectivity index (χ1) is 8.29. The number of benzene rings is 1. The van der Waals surface area contributed by atoms with Crippen LogP contribution < -0.4 is 4.74 Å². The molecular weight excluding hydrogens is 231 g/mol. The van der Waals surface area contributed by atoms with Gasteiger partial charge in [0.25, 0.3) is 0 Å². The number of hydrogen-bond acceptors (Lipinski definition) is 2. The maximum atomic E-state index is 13.1. The van der Waals surface area contributed by atoms with E-state index in [4.69, 9.17) is 4.74 Å². The molecule has 0 amide bonds. The Labute approximate surface area is 108 Å². The lowest BCUT2D eigenvalue weighted by atomic mass is 9.98. The Bertz CT molecular complexity index is 462.